The van der Waals surface area contributed by atoms with Crippen molar-refractivity contribution < 1.29 is 9.90 Å². The summed E-state index contributed by atoms with van der Waals surface area (Å²) in [7, 11) is 1.82. The summed E-state index contributed by atoms with van der Waals surface area (Å²) < 4.78 is 4.13. The highest BCUT2D eigenvalue weighted by atomic mass is 16.3. The topological polar surface area (TPSA) is 76.2 Å². The molecule has 29 heavy (non-hydrogen) atoms. The molecular weight excluding hydrogens is 366 g/mol. The summed E-state index contributed by atoms with van der Waals surface area (Å²) in [5.74, 6) is 1.06. The Bertz CT molecular complexity index is 965. The van der Waals surface area contributed by atoms with Gasteiger partial charge in [-0.1, -0.05) is 12.1 Å². The highest BCUT2D eigenvalue weighted by molar-refractivity contribution is 5.77. The van der Waals surface area contributed by atoms with Gasteiger partial charge in [-0.2, -0.15) is 0 Å². The molecule has 7 nitrogen and oxygen atoms in total. The lowest BCUT2D eigenvalue weighted by Crippen LogP contribution is -2.50. The Hall–Kier alpha value is -2.67. The molecule has 2 aromatic heterocycles. The molecule has 7 heteroatoms. The summed E-state index contributed by atoms with van der Waals surface area (Å²) in [6, 6.07) is 7.91. The number of aliphatic hydroxyl groups excluding tert-OH is 1. The number of hydrogen-bond donors (Lipinski definition) is 1. The summed E-state index contributed by atoms with van der Waals surface area (Å²) in [5.41, 5.74) is 2.10. The van der Waals surface area contributed by atoms with Crippen molar-refractivity contribution in [3.05, 3.63) is 48.8 Å². The van der Waals surface area contributed by atoms with Gasteiger partial charge >= 0.3 is 0 Å². The summed E-state index contributed by atoms with van der Waals surface area (Å²) in [5, 5.41) is 10.9. The van der Waals surface area contributed by atoms with E-state index >= 15 is 0 Å². The van der Waals surface area contributed by atoms with Gasteiger partial charge in [0.25, 0.3) is 0 Å². The second-order valence-corrected chi connectivity index (χ2v) is 7.97. The van der Waals surface area contributed by atoms with E-state index < -0.39 is 6.10 Å². The van der Waals surface area contributed by atoms with Crippen LogP contribution in [0.25, 0.3) is 11.0 Å². The van der Waals surface area contributed by atoms with Gasteiger partial charge in [0.05, 0.1) is 35.5 Å². The monoisotopic (exact) mass is 395 g/mol. The van der Waals surface area contributed by atoms with Crippen LogP contribution in [0.2, 0.25) is 0 Å². The SMILES string of the molecule is Cc1nc2ccccc2n1CCCC(=O)N(C)[C@@H]1CCC[C@@H](n2ccnc2)[C@@H]1O. The number of carbonyl (C=O) groups is 1. The number of aromatic nitrogens is 4. The Morgan fingerprint density at radius 1 is 1.31 bits per heavy atom. The molecule has 2 heterocycles. The van der Waals surface area contributed by atoms with Crippen LogP contribution in [0.3, 0.4) is 0 Å². The molecule has 1 fully saturated rings. The molecule has 1 N–H and O–H groups in total. The molecule has 4 rings (SSSR count). The minimum atomic E-state index is -0.577. The number of carbonyl (C=O) groups excluding carboxylic acids is 1. The predicted molar refractivity (Wildman–Crippen MR) is 111 cm³/mol. The average Bonchev–Trinajstić information content (AvgIpc) is 3.36. The van der Waals surface area contributed by atoms with Crippen molar-refractivity contribution in [3.8, 4) is 0 Å². The Morgan fingerprint density at radius 3 is 2.93 bits per heavy atom. The number of para-hydroxylation sites is 2. The number of aliphatic hydroxyl groups is 1. The van der Waals surface area contributed by atoms with Crippen LogP contribution in [0, 0.1) is 6.92 Å². The van der Waals surface area contributed by atoms with E-state index in [4.69, 9.17) is 0 Å². The first-order valence-corrected chi connectivity index (χ1v) is 10.4. The maximum absolute atomic E-state index is 12.8. The number of aryl methyl sites for hydroxylation is 2. The van der Waals surface area contributed by atoms with Gasteiger partial charge in [-0.05, 0) is 44.7 Å². The zero-order valence-corrected chi connectivity index (χ0v) is 17.1. The summed E-state index contributed by atoms with van der Waals surface area (Å²) in [6.45, 7) is 2.76. The summed E-state index contributed by atoms with van der Waals surface area (Å²) in [4.78, 5) is 23.3. The molecule has 1 aromatic carbocycles. The van der Waals surface area contributed by atoms with Crippen molar-refractivity contribution in [1.82, 2.24) is 24.0 Å². The predicted octanol–water partition coefficient (Wildman–Crippen LogP) is 2.93. The first-order valence-electron chi connectivity index (χ1n) is 10.4. The van der Waals surface area contributed by atoms with Gasteiger partial charge in [0.1, 0.15) is 5.82 Å². The number of rotatable bonds is 6. The van der Waals surface area contributed by atoms with E-state index in [2.05, 4.69) is 20.6 Å². The second-order valence-electron chi connectivity index (χ2n) is 7.97. The van der Waals surface area contributed by atoms with Crippen molar-refractivity contribution in [2.45, 2.75) is 63.8 Å². The first kappa shape index (κ1) is 19.6. The lowest BCUT2D eigenvalue weighted by molar-refractivity contribution is -0.136. The minimum absolute atomic E-state index is 0.0218. The molecule has 0 radical (unpaired) electrons. The molecule has 0 bridgehead atoms. The Morgan fingerprint density at radius 2 is 2.14 bits per heavy atom. The third kappa shape index (κ3) is 3.92. The van der Waals surface area contributed by atoms with E-state index in [0.717, 1.165) is 49.1 Å². The Kier molecular flexibility index (Phi) is 5.67. The average molecular weight is 396 g/mol. The highest BCUT2D eigenvalue weighted by Gasteiger charge is 2.36. The quantitative estimate of drug-likeness (QED) is 0.696. The van der Waals surface area contributed by atoms with Crippen LogP contribution >= 0.6 is 0 Å². The van der Waals surface area contributed by atoms with E-state index in [1.54, 1.807) is 17.4 Å². The largest absolute Gasteiger partial charge is 0.389 e. The van der Waals surface area contributed by atoms with Gasteiger partial charge in [0.2, 0.25) is 5.91 Å². The van der Waals surface area contributed by atoms with Crippen LogP contribution in [0.1, 0.15) is 44.0 Å². The van der Waals surface area contributed by atoms with Gasteiger partial charge in [0, 0.05) is 32.4 Å². The van der Waals surface area contributed by atoms with Crippen LogP contribution < -0.4 is 0 Å². The molecule has 1 amide bonds. The van der Waals surface area contributed by atoms with Crippen LogP contribution in [0.15, 0.2) is 43.0 Å². The van der Waals surface area contributed by atoms with E-state index in [1.165, 1.54) is 0 Å². The lowest BCUT2D eigenvalue weighted by atomic mass is 9.87. The lowest BCUT2D eigenvalue weighted by Gasteiger charge is -2.40. The van der Waals surface area contributed by atoms with E-state index in [0.29, 0.717) is 6.42 Å². The standard InChI is InChI=1S/C22H29N5O2/c1-16-24-17-7-3-4-8-18(17)27(16)13-6-11-21(28)25(2)19-9-5-10-20(22(19)29)26-14-12-23-15-26/h3-4,7-8,12,14-15,19-20,22,29H,5-6,9-11,13H2,1-2H3/t19-,20-,22-/m1/s1. The van der Waals surface area contributed by atoms with Crippen molar-refractivity contribution in [3.63, 3.8) is 0 Å². The van der Waals surface area contributed by atoms with Crippen LogP contribution in [-0.4, -0.2) is 54.2 Å². The molecule has 154 valence electrons. The molecule has 3 aromatic rings. The van der Waals surface area contributed by atoms with E-state index in [9.17, 15) is 9.90 Å². The van der Waals surface area contributed by atoms with Gasteiger partial charge in [-0.3, -0.25) is 4.79 Å². The van der Waals surface area contributed by atoms with Crippen LogP contribution in [0.4, 0.5) is 0 Å². The van der Waals surface area contributed by atoms with Gasteiger partial charge < -0.3 is 19.1 Å². The Labute approximate surface area is 171 Å². The van der Waals surface area contributed by atoms with Crippen LogP contribution in [-0.2, 0) is 11.3 Å². The number of benzene rings is 1. The first-order chi connectivity index (χ1) is 14.1. The summed E-state index contributed by atoms with van der Waals surface area (Å²) >= 11 is 0. The molecule has 1 aliphatic rings. The molecule has 1 aliphatic carbocycles. The molecule has 3 atom stereocenters. The molecule has 0 spiro atoms. The fourth-order valence-electron chi connectivity index (χ4n) is 4.58. The molecule has 1 saturated carbocycles. The zero-order valence-electron chi connectivity index (χ0n) is 17.1. The number of fused-ring (bicyclic) bond motifs is 1. The van der Waals surface area contributed by atoms with Crippen molar-refractivity contribution in [1.29, 1.82) is 0 Å². The smallest absolute Gasteiger partial charge is 0.222 e. The number of hydrogen-bond acceptors (Lipinski definition) is 4. The second kappa shape index (κ2) is 8.37. The normalized spacial score (nSPS) is 22.1. The van der Waals surface area contributed by atoms with Gasteiger partial charge in [0.15, 0.2) is 0 Å². The molecular formula is C22H29N5O2. The molecule has 0 unspecified atom stereocenters. The zero-order chi connectivity index (χ0) is 20.4. The molecule has 0 aliphatic heterocycles. The fourth-order valence-corrected chi connectivity index (χ4v) is 4.58. The van der Waals surface area contributed by atoms with E-state index in [-0.39, 0.29) is 18.0 Å². The highest BCUT2D eigenvalue weighted by Crippen LogP contribution is 2.31. The maximum atomic E-state index is 12.8. The number of imidazole rings is 2. The number of likely N-dealkylation sites (N-methyl/N-ethyl adjacent to an activating group) is 1. The third-order valence-electron chi connectivity index (χ3n) is 6.20. The minimum Gasteiger partial charge on any atom is -0.389 e. The Balaban J connectivity index is 1.36. The number of amides is 1. The van der Waals surface area contributed by atoms with Crippen molar-refractivity contribution >= 4 is 16.9 Å². The molecule has 0 saturated heterocycles. The number of nitrogens with zero attached hydrogens (tertiary/aromatic N) is 5. The maximum Gasteiger partial charge on any atom is 0.222 e. The summed E-state index contributed by atoms with van der Waals surface area (Å²) in [6.07, 6.45) is 8.72. The van der Waals surface area contributed by atoms with Gasteiger partial charge in [-0.25, -0.2) is 9.97 Å². The van der Waals surface area contributed by atoms with Crippen molar-refractivity contribution in [2.24, 2.45) is 0 Å². The van der Waals surface area contributed by atoms with E-state index in [1.807, 2.05) is 42.9 Å². The van der Waals surface area contributed by atoms with Gasteiger partial charge in [-0.15, -0.1) is 0 Å². The van der Waals surface area contributed by atoms with Crippen LogP contribution in [0.5, 0.6) is 0 Å². The fraction of sp³-hybridized carbons (Fsp3) is 0.500. The third-order valence-corrected chi connectivity index (χ3v) is 6.20. The van der Waals surface area contributed by atoms with Crippen molar-refractivity contribution in [2.75, 3.05) is 7.05 Å².